The number of carboxylic acid groups (broad SMARTS) is 2. The molecule has 0 saturated carbocycles. The molecule has 0 aliphatic rings. The molecule has 1 rings (SSSR count). The van der Waals surface area contributed by atoms with Crippen LogP contribution in [0.3, 0.4) is 0 Å². The summed E-state index contributed by atoms with van der Waals surface area (Å²) in [6.45, 7) is 4.41. The second-order valence-electron chi connectivity index (χ2n) is 8.25. The maximum absolute atomic E-state index is 13.0. The number of rotatable bonds is 13. The van der Waals surface area contributed by atoms with Crippen molar-refractivity contribution in [3.05, 3.63) is 35.9 Å². The molecular weight excluding hydrogens is 448 g/mol. The van der Waals surface area contributed by atoms with Crippen LogP contribution in [0.4, 0.5) is 0 Å². The van der Waals surface area contributed by atoms with Crippen LogP contribution in [0.2, 0.25) is 0 Å². The van der Waals surface area contributed by atoms with Crippen molar-refractivity contribution in [2.75, 3.05) is 0 Å². The predicted molar refractivity (Wildman–Crippen MR) is 120 cm³/mol. The zero-order valence-corrected chi connectivity index (χ0v) is 19.2. The molecule has 8 N–H and O–H groups in total. The molecule has 0 radical (unpaired) electrons. The van der Waals surface area contributed by atoms with Gasteiger partial charge in [0.2, 0.25) is 17.7 Å². The fourth-order valence-electron chi connectivity index (χ4n) is 3.03. The van der Waals surface area contributed by atoms with Gasteiger partial charge in [-0.1, -0.05) is 44.2 Å². The number of benzene rings is 1. The van der Waals surface area contributed by atoms with Gasteiger partial charge < -0.3 is 37.0 Å². The first-order chi connectivity index (χ1) is 15.8. The average molecular weight is 481 g/mol. The van der Waals surface area contributed by atoms with Gasteiger partial charge in [-0.25, -0.2) is 4.79 Å². The fourth-order valence-corrected chi connectivity index (χ4v) is 3.03. The minimum absolute atomic E-state index is 0.0178. The van der Waals surface area contributed by atoms with Crippen LogP contribution in [0.5, 0.6) is 0 Å². The van der Waals surface area contributed by atoms with Gasteiger partial charge in [0.15, 0.2) is 0 Å². The van der Waals surface area contributed by atoms with Crippen molar-refractivity contribution < 1.29 is 39.3 Å². The minimum atomic E-state index is -1.52. The lowest BCUT2D eigenvalue weighted by molar-refractivity contribution is -0.144. The number of hydrogen-bond acceptors (Lipinski definition) is 7. The summed E-state index contributed by atoms with van der Waals surface area (Å²) in [5.74, 6) is -5.69. The van der Waals surface area contributed by atoms with Crippen LogP contribution in [0, 0.1) is 5.92 Å². The molecule has 0 saturated heterocycles. The Morgan fingerprint density at radius 3 is 1.88 bits per heavy atom. The van der Waals surface area contributed by atoms with E-state index >= 15 is 0 Å². The lowest BCUT2D eigenvalue weighted by atomic mass is 10.0. The standard InChI is InChI=1S/C22H32N4O8/c1-11(2)17(22(33)34)25-21(32)18(12(3)27)26-20(31)15(9-13-7-5-4-6-8-13)24-19(30)14(23)10-16(28)29/h4-8,11-12,14-15,17-18,27H,9-10,23H2,1-3H3,(H,24,30)(H,25,32)(H,26,31)(H,28,29)(H,33,34). The van der Waals surface area contributed by atoms with Crippen LogP contribution in [0.25, 0.3) is 0 Å². The van der Waals surface area contributed by atoms with Gasteiger partial charge in [0, 0.05) is 6.42 Å². The van der Waals surface area contributed by atoms with Crippen LogP contribution in [0.15, 0.2) is 30.3 Å². The molecule has 0 fully saturated rings. The molecule has 5 unspecified atom stereocenters. The van der Waals surface area contributed by atoms with Crippen LogP contribution in [-0.2, 0) is 30.4 Å². The largest absolute Gasteiger partial charge is 0.481 e. The first-order valence-electron chi connectivity index (χ1n) is 10.7. The number of nitrogens with one attached hydrogen (secondary N) is 3. The number of amides is 3. The van der Waals surface area contributed by atoms with E-state index in [-0.39, 0.29) is 6.42 Å². The quantitative estimate of drug-likeness (QED) is 0.177. The SMILES string of the molecule is CC(C)C(NC(=O)C(NC(=O)C(Cc1ccccc1)NC(=O)C(N)CC(=O)O)C(C)O)C(=O)O. The summed E-state index contributed by atoms with van der Waals surface area (Å²) >= 11 is 0. The van der Waals surface area contributed by atoms with Crippen molar-refractivity contribution >= 4 is 29.7 Å². The highest BCUT2D eigenvalue weighted by molar-refractivity contribution is 5.95. The summed E-state index contributed by atoms with van der Waals surface area (Å²) in [6.07, 6.45) is -2.07. The molecule has 0 spiro atoms. The van der Waals surface area contributed by atoms with Crippen LogP contribution < -0.4 is 21.7 Å². The van der Waals surface area contributed by atoms with E-state index in [0.29, 0.717) is 5.56 Å². The van der Waals surface area contributed by atoms with Gasteiger partial charge in [0.1, 0.15) is 18.1 Å². The number of nitrogens with two attached hydrogens (primary N) is 1. The highest BCUT2D eigenvalue weighted by atomic mass is 16.4. The number of aliphatic hydroxyl groups is 1. The van der Waals surface area contributed by atoms with Crippen molar-refractivity contribution in [1.82, 2.24) is 16.0 Å². The molecule has 0 bridgehead atoms. The van der Waals surface area contributed by atoms with Crippen molar-refractivity contribution in [2.24, 2.45) is 11.7 Å². The van der Waals surface area contributed by atoms with Gasteiger partial charge in [-0.3, -0.25) is 19.2 Å². The number of aliphatic carboxylic acids is 2. The number of carbonyl (C=O) groups excluding carboxylic acids is 3. The van der Waals surface area contributed by atoms with Crippen LogP contribution in [-0.4, -0.2) is 75.3 Å². The highest BCUT2D eigenvalue weighted by Crippen LogP contribution is 2.07. The molecule has 188 valence electrons. The third-order valence-electron chi connectivity index (χ3n) is 4.94. The molecule has 0 aromatic heterocycles. The molecule has 0 aliphatic carbocycles. The van der Waals surface area contributed by atoms with Crippen LogP contribution in [0.1, 0.15) is 32.8 Å². The summed E-state index contributed by atoms with van der Waals surface area (Å²) in [5, 5.41) is 35.2. The van der Waals surface area contributed by atoms with E-state index in [2.05, 4.69) is 16.0 Å². The van der Waals surface area contributed by atoms with Gasteiger partial charge in [-0.15, -0.1) is 0 Å². The van der Waals surface area contributed by atoms with Gasteiger partial charge in [-0.05, 0) is 18.4 Å². The minimum Gasteiger partial charge on any atom is -0.481 e. The molecule has 0 aliphatic heterocycles. The predicted octanol–water partition coefficient (Wildman–Crippen LogP) is -1.39. The van der Waals surface area contributed by atoms with Gasteiger partial charge >= 0.3 is 11.9 Å². The summed E-state index contributed by atoms with van der Waals surface area (Å²) in [5.41, 5.74) is 6.24. The molecule has 34 heavy (non-hydrogen) atoms. The van der Waals surface area contributed by atoms with E-state index in [1.165, 1.54) is 6.92 Å². The maximum atomic E-state index is 13.0. The van der Waals surface area contributed by atoms with Crippen molar-refractivity contribution in [3.63, 3.8) is 0 Å². The summed E-state index contributed by atoms with van der Waals surface area (Å²) < 4.78 is 0. The normalized spacial score (nSPS) is 15.4. The second-order valence-corrected chi connectivity index (χ2v) is 8.25. The zero-order chi connectivity index (χ0) is 26.0. The molecule has 1 aromatic rings. The van der Waals surface area contributed by atoms with Crippen molar-refractivity contribution in [2.45, 2.75) is 63.9 Å². The lowest BCUT2D eigenvalue weighted by Crippen LogP contribution is -2.60. The molecule has 0 heterocycles. The molecule has 12 heteroatoms. The third kappa shape index (κ3) is 9.16. The maximum Gasteiger partial charge on any atom is 0.326 e. The van der Waals surface area contributed by atoms with E-state index in [0.717, 1.165) is 0 Å². The third-order valence-corrected chi connectivity index (χ3v) is 4.94. The zero-order valence-electron chi connectivity index (χ0n) is 19.2. The Balaban J connectivity index is 3.08. The Bertz CT molecular complexity index is 875. The van der Waals surface area contributed by atoms with E-state index in [9.17, 15) is 34.2 Å². The van der Waals surface area contributed by atoms with E-state index in [1.807, 2.05) is 0 Å². The smallest absolute Gasteiger partial charge is 0.326 e. The molecule has 1 aromatic carbocycles. The summed E-state index contributed by atoms with van der Waals surface area (Å²) in [6, 6.07) is 3.13. The summed E-state index contributed by atoms with van der Waals surface area (Å²) in [7, 11) is 0. The van der Waals surface area contributed by atoms with Crippen molar-refractivity contribution in [1.29, 1.82) is 0 Å². The first-order valence-corrected chi connectivity index (χ1v) is 10.7. The number of aliphatic hydroxyl groups excluding tert-OH is 1. The number of hydrogen-bond donors (Lipinski definition) is 7. The molecular formula is C22H32N4O8. The average Bonchev–Trinajstić information content (AvgIpc) is 2.74. The van der Waals surface area contributed by atoms with E-state index in [4.69, 9.17) is 10.8 Å². The molecule has 12 nitrogen and oxygen atoms in total. The Hall–Kier alpha value is -3.51. The Labute approximate surface area is 196 Å². The number of carbonyl (C=O) groups is 5. The Kier molecular flexibility index (Phi) is 11.1. The van der Waals surface area contributed by atoms with Gasteiger partial charge in [0.25, 0.3) is 0 Å². The molecule has 5 atom stereocenters. The van der Waals surface area contributed by atoms with Crippen LogP contribution >= 0.6 is 0 Å². The Morgan fingerprint density at radius 1 is 0.853 bits per heavy atom. The van der Waals surface area contributed by atoms with Crippen molar-refractivity contribution in [3.8, 4) is 0 Å². The topological polar surface area (TPSA) is 208 Å². The highest BCUT2D eigenvalue weighted by Gasteiger charge is 2.33. The molecule has 3 amide bonds. The first kappa shape index (κ1) is 28.5. The van der Waals surface area contributed by atoms with E-state index < -0.39 is 72.3 Å². The summed E-state index contributed by atoms with van der Waals surface area (Å²) in [4.78, 5) is 60.3. The van der Waals surface area contributed by atoms with Gasteiger partial charge in [-0.2, -0.15) is 0 Å². The fraction of sp³-hybridized carbons (Fsp3) is 0.500. The lowest BCUT2D eigenvalue weighted by Gasteiger charge is -2.27. The van der Waals surface area contributed by atoms with Gasteiger partial charge in [0.05, 0.1) is 18.6 Å². The monoisotopic (exact) mass is 480 g/mol. The second kappa shape index (κ2) is 13.3. The number of carboxylic acids is 2. The Morgan fingerprint density at radius 2 is 1.41 bits per heavy atom. The van der Waals surface area contributed by atoms with E-state index in [1.54, 1.807) is 44.2 Å².